The third-order valence-electron chi connectivity index (χ3n) is 3.00. The van der Waals surface area contributed by atoms with Crippen molar-refractivity contribution in [3.8, 4) is 5.75 Å². The van der Waals surface area contributed by atoms with Gasteiger partial charge in [-0.25, -0.2) is 4.98 Å². The molecule has 1 aromatic heterocycles. The van der Waals surface area contributed by atoms with Crippen LogP contribution >= 0.6 is 0 Å². The Morgan fingerprint density at radius 2 is 2.00 bits per heavy atom. The van der Waals surface area contributed by atoms with Gasteiger partial charge in [0.1, 0.15) is 11.6 Å². The van der Waals surface area contributed by atoms with Gasteiger partial charge in [0, 0.05) is 12.3 Å². The van der Waals surface area contributed by atoms with Crippen molar-refractivity contribution in [1.82, 2.24) is 4.98 Å². The molecule has 1 heterocycles. The van der Waals surface area contributed by atoms with Gasteiger partial charge in [0.05, 0.1) is 11.7 Å². The molecule has 0 unspecified atom stereocenters. The minimum Gasteiger partial charge on any atom is -0.491 e. The third-order valence-corrected chi connectivity index (χ3v) is 3.00. The Morgan fingerprint density at radius 1 is 1.24 bits per heavy atom. The van der Waals surface area contributed by atoms with Gasteiger partial charge in [0.25, 0.3) is 0 Å². The quantitative estimate of drug-likeness (QED) is 0.806. The smallest absolute Gasteiger partial charge is 0.417 e. The van der Waals surface area contributed by atoms with Gasteiger partial charge in [-0.1, -0.05) is 12.1 Å². The van der Waals surface area contributed by atoms with E-state index < -0.39 is 17.6 Å². The van der Waals surface area contributed by atoms with Crippen LogP contribution in [0, 0.1) is 0 Å². The highest BCUT2D eigenvalue weighted by molar-refractivity contribution is 6.01. The number of amides is 1. The Bertz CT molecular complexity index is 754. The molecule has 0 aliphatic heterocycles. The molecule has 7 heteroatoms. The van der Waals surface area contributed by atoms with Gasteiger partial charge >= 0.3 is 6.18 Å². The van der Waals surface area contributed by atoms with Crippen molar-refractivity contribution in [1.29, 1.82) is 0 Å². The fraction of sp³-hybridized carbons (Fsp3) is 0.222. The van der Waals surface area contributed by atoms with Crippen molar-refractivity contribution >= 4 is 17.8 Å². The molecule has 2 aromatic rings. The van der Waals surface area contributed by atoms with E-state index in [-0.39, 0.29) is 11.9 Å². The summed E-state index contributed by atoms with van der Waals surface area (Å²) in [5, 5.41) is 2.40. The number of hydrogen-bond acceptors (Lipinski definition) is 3. The summed E-state index contributed by atoms with van der Waals surface area (Å²) >= 11 is 0. The number of carbonyl (C=O) groups excluding carboxylic acids is 1. The van der Waals surface area contributed by atoms with Gasteiger partial charge in [0.15, 0.2) is 0 Å². The minimum atomic E-state index is -4.46. The summed E-state index contributed by atoms with van der Waals surface area (Å²) in [5.41, 5.74) is -0.114. The highest BCUT2D eigenvalue weighted by Gasteiger charge is 2.30. The number of hydrogen-bond donors (Lipinski definition) is 1. The maximum atomic E-state index is 12.5. The third kappa shape index (κ3) is 5.95. The maximum absolute atomic E-state index is 12.5. The summed E-state index contributed by atoms with van der Waals surface area (Å²) in [6, 6.07) is 9.15. The molecule has 0 aliphatic carbocycles. The zero-order valence-corrected chi connectivity index (χ0v) is 13.7. The van der Waals surface area contributed by atoms with Gasteiger partial charge in [-0.05, 0) is 49.8 Å². The number of alkyl halides is 3. The number of ether oxygens (including phenoxy) is 1. The molecule has 0 saturated heterocycles. The minimum absolute atomic E-state index is 0.0354. The second-order valence-corrected chi connectivity index (χ2v) is 5.49. The zero-order valence-electron chi connectivity index (χ0n) is 13.7. The summed E-state index contributed by atoms with van der Waals surface area (Å²) in [6.07, 6.45) is -0.904. The number of nitrogens with zero attached hydrogens (tertiary/aromatic N) is 1. The summed E-state index contributed by atoms with van der Waals surface area (Å²) in [5.74, 6) is 0.226. The summed E-state index contributed by atoms with van der Waals surface area (Å²) in [4.78, 5) is 15.4. The van der Waals surface area contributed by atoms with Gasteiger partial charge < -0.3 is 10.1 Å². The Labute approximate surface area is 143 Å². The number of rotatable bonds is 5. The number of nitrogens with one attached hydrogen (secondary N) is 1. The number of anilines is 1. The van der Waals surface area contributed by atoms with Crippen LogP contribution in [0.15, 0.2) is 48.7 Å². The highest BCUT2D eigenvalue weighted by Crippen LogP contribution is 2.28. The first-order valence-corrected chi connectivity index (χ1v) is 7.53. The molecule has 4 nitrogen and oxygen atoms in total. The Morgan fingerprint density at radius 3 is 2.60 bits per heavy atom. The van der Waals surface area contributed by atoms with Crippen LogP contribution in [0.4, 0.5) is 19.0 Å². The molecule has 0 bridgehead atoms. The second-order valence-electron chi connectivity index (χ2n) is 5.49. The molecule has 2 rings (SSSR count). The van der Waals surface area contributed by atoms with Crippen LogP contribution in [0.2, 0.25) is 0 Å². The normalized spacial score (nSPS) is 11.8. The van der Waals surface area contributed by atoms with Crippen molar-refractivity contribution in [2.45, 2.75) is 26.1 Å². The van der Waals surface area contributed by atoms with Gasteiger partial charge in [-0.15, -0.1) is 0 Å². The predicted octanol–water partition coefficient (Wildman–Crippen LogP) is 4.54. The first kappa shape index (κ1) is 18.5. The lowest BCUT2D eigenvalue weighted by Gasteiger charge is -2.09. The molecule has 1 N–H and O–H groups in total. The monoisotopic (exact) mass is 350 g/mol. The van der Waals surface area contributed by atoms with Crippen LogP contribution < -0.4 is 10.1 Å². The van der Waals surface area contributed by atoms with Crippen molar-refractivity contribution < 1.29 is 22.7 Å². The van der Waals surface area contributed by atoms with Crippen LogP contribution in [0.1, 0.15) is 25.0 Å². The van der Waals surface area contributed by atoms with Crippen LogP contribution in [0.3, 0.4) is 0 Å². The standard InChI is InChI=1S/C18H17F3N2O2/c1-12(2)25-15-5-3-4-13(10-15)6-9-17(24)23-16-8-7-14(11-22-16)18(19,20)21/h3-12H,1-2H3,(H,22,23,24)/b9-6+. The number of halogens is 3. The first-order chi connectivity index (χ1) is 11.7. The molecule has 0 aliphatic rings. The first-order valence-electron chi connectivity index (χ1n) is 7.53. The largest absolute Gasteiger partial charge is 0.491 e. The molecular formula is C18H17F3N2O2. The molecule has 0 saturated carbocycles. The number of aromatic nitrogens is 1. The maximum Gasteiger partial charge on any atom is 0.417 e. The lowest BCUT2D eigenvalue weighted by atomic mass is 10.2. The van der Waals surface area contributed by atoms with E-state index in [2.05, 4.69) is 10.3 Å². The van der Waals surface area contributed by atoms with E-state index in [0.29, 0.717) is 11.9 Å². The van der Waals surface area contributed by atoms with E-state index in [1.165, 1.54) is 6.08 Å². The van der Waals surface area contributed by atoms with Gasteiger partial charge in [-0.3, -0.25) is 4.79 Å². The van der Waals surface area contributed by atoms with Crippen molar-refractivity contribution in [3.63, 3.8) is 0 Å². The summed E-state index contributed by atoms with van der Waals surface area (Å²) < 4.78 is 42.9. The van der Waals surface area contributed by atoms with Crippen molar-refractivity contribution in [2.24, 2.45) is 0 Å². The molecule has 1 aromatic carbocycles. The summed E-state index contributed by atoms with van der Waals surface area (Å²) in [6.45, 7) is 3.82. The molecule has 25 heavy (non-hydrogen) atoms. The van der Waals surface area contributed by atoms with E-state index in [1.54, 1.807) is 24.3 Å². The van der Waals surface area contributed by atoms with E-state index >= 15 is 0 Å². The van der Waals surface area contributed by atoms with Gasteiger partial charge in [0.2, 0.25) is 5.91 Å². The Balaban J connectivity index is 1.99. The van der Waals surface area contributed by atoms with E-state index in [0.717, 1.165) is 17.7 Å². The molecule has 1 amide bonds. The average molecular weight is 350 g/mol. The van der Waals surface area contributed by atoms with Crippen LogP contribution in [-0.2, 0) is 11.0 Å². The molecule has 0 fully saturated rings. The molecular weight excluding hydrogens is 333 g/mol. The lowest BCUT2D eigenvalue weighted by molar-refractivity contribution is -0.137. The lowest BCUT2D eigenvalue weighted by Crippen LogP contribution is -2.11. The van der Waals surface area contributed by atoms with E-state index in [1.807, 2.05) is 19.9 Å². The van der Waals surface area contributed by atoms with Gasteiger partial charge in [-0.2, -0.15) is 13.2 Å². The van der Waals surface area contributed by atoms with Crippen LogP contribution in [-0.4, -0.2) is 17.0 Å². The van der Waals surface area contributed by atoms with Crippen LogP contribution in [0.25, 0.3) is 6.08 Å². The second kappa shape index (κ2) is 7.83. The Kier molecular flexibility index (Phi) is 5.80. The van der Waals surface area contributed by atoms with E-state index in [4.69, 9.17) is 4.74 Å². The SMILES string of the molecule is CC(C)Oc1cccc(/C=C/C(=O)Nc2ccc(C(F)(F)F)cn2)c1. The molecule has 0 radical (unpaired) electrons. The topological polar surface area (TPSA) is 51.2 Å². The highest BCUT2D eigenvalue weighted by atomic mass is 19.4. The summed E-state index contributed by atoms with van der Waals surface area (Å²) in [7, 11) is 0. The predicted molar refractivity (Wildman–Crippen MR) is 89.1 cm³/mol. The van der Waals surface area contributed by atoms with Crippen LogP contribution in [0.5, 0.6) is 5.75 Å². The number of pyridine rings is 1. The van der Waals surface area contributed by atoms with Crippen molar-refractivity contribution in [2.75, 3.05) is 5.32 Å². The molecule has 132 valence electrons. The van der Waals surface area contributed by atoms with Crippen molar-refractivity contribution in [3.05, 3.63) is 59.8 Å². The molecule has 0 spiro atoms. The van der Waals surface area contributed by atoms with E-state index in [9.17, 15) is 18.0 Å². The zero-order chi connectivity index (χ0) is 18.4. The fourth-order valence-electron chi connectivity index (χ4n) is 1.94. The fourth-order valence-corrected chi connectivity index (χ4v) is 1.94. The number of benzene rings is 1. The average Bonchev–Trinajstić information content (AvgIpc) is 2.52. The number of carbonyl (C=O) groups is 1. The Hall–Kier alpha value is -2.83. The molecule has 0 atom stereocenters.